The Morgan fingerprint density at radius 3 is 2.55 bits per heavy atom. The third-order valence-electron chi connectivity index (χ3n) is 6.18. The largest absolute Gasteiger partial charge is 0.369 e. The average Bonchev–Trinajstić information content (AvgIpc) is 3.50. The SMILES string of the molecule is O=C(Nc1cccc(N2CCN(CC3CC3)CC2)c1)c1ccn(-c2cccc([N+](=O)[O-])c2)n1. The van der Waals surface area contributed by atoms with E-state index in [0.717, 1.165) is 37.8 Å². The molecular formula is C24H26N6O3. The lowest BCUT2D eigenvalue weighted by Gasteiger charge is -2.36. The van der Waals surface area contributed by atoms with Crippen molar-refractivity contribution in [2.75, 3.05) is 42.9 Å². The van der Waals surface area contributed by atoms with Crippen molar-refractivity contribution in [1.29, 1.82) is 0 Å². The van der Waals surface area contributed by atoms with Crippen LogP contribution in [0, 0.1) is 16.0 Å². The summed E-state index contributed by atoms with van der Waals surface area (Å²) >= 11 is 0. The molecule has 1 saturated heterocycles. The third kappa shape index (κ3) is 5.04. The number of benzene rings is 2. The van der Waals surface area contributed by atoms with E-state index in [-0.39, 0.29) is 17.3 Å². The highest BCUT2D eigenvalue weighted by atomic mass is 16.6. The second-order valence-corrected chi connectivity index (χ2v) is 8.66. The molecule has 2 fully saturated rings. The van der Waals surface area contributed by atoms with Crippen molar-refractivity contribution in [2.24, 2.45) is 5.92 Å². The maximum Gasteiger partial charge on any atom is 0.276 e. The first-order valence-electron chi connectivity index (χ1n) is 11.2. The van der Waals surface area contributed by atoms with Gasteiger partial charge < -0.3 is 10.2 Å². The molecule has 0 radical (unpaired) electrons. The maximum atomic E-state index is 12.8. The van der Waals surface area contributed by atoms with Gasteiger partial charge in [-0.2, -0.15) is 5.10 Å². The van der Waals surface area contributed by atoms with Crippen LogP contribution in [0.2, 0.25) is 0 Å². The first-order valence-corrected chi connectivity index (χ1v) is 11.2. The van der Waals surface area contributed by atoms with Gasteiger partial charge in [-0.15, -0.1) is 0 Å². The summed E-state index contributed by atoms with van der Waals surface area (Å²) in [6.45, 7) is 5.34. The van der Waals surface area contributed by atoms with Crippen molar-refractivity contribution in [3.63, 3.8) is 0 Å². The van der Waals surface area contributed by atoms with Gasteiger partial charge in [0.2, 0.25) is 0 Å². The van der Waals surface area contributed by atoms with E-state index in [1.165, 1.54) is 36.2 Å². The lowest BCUT2D eigenvalue weighted by atomic mass is 10.2. The molecule has 2 aliphatic rings. The summed E-state index contributed by atoms with van der Waals surface area (Å²) in [6, 6.07) is 15.6. The molecular weight excluding hydrogens is 420 g/mol. The van der Waals surface area contributed by atoms with Gasteiger partial charge in [0.1, 0.15) is 0 Å². The molecule has 1 aliphatic carbocycles. The molecule has 1 N–H and O–H groups in total. The Hall–Kier alpha value is -3.72. The number of amides is 1. The minimum Gasteiger partial charge on any atom is -0.369 e. The fourth-order valence-corrected chi connectivity index (χ4v) is 4.17. The highest BCUT2D eigenvalue weighted by molar-refractivity contribution is 6.03. The summed E-state index contributed by atoms with van der Waals surface area (Å²) in [4.78, 5) is 28.2. The average molecular weight is 447 g/mol. The summed E-state index contributed by atoms with van der Waals surface area (Å²) in [5, 5.41) is 18.2. The molecule has 9 nitrogen and oxygen atoms in total. The van der Waals surface area contributed by atoms with Crippen LogP contribution in [0.4, 0.5) is 17.1 Å². The van der Waals surface area contributed by atoms with E-state index in [9.17, 15) is 14.9 Å². The molecule has 0 bridgehead atoms. The van der Waals surface area contributed by atoms with Crippen molar-refractivity contribution in [3.8, 4) is 5.69 Å². The molecule has 2 aromatic carbocycles. The van der Waals surface area contributed by atoms with Crippen LogP contribution >= 0.6 is 0 Å². The van der Waals surface area contributed by atoms with Crippen LogP contribution in [0.15, 0.2) is 60.8 Å². The van der Waals surface area contributed by atoms with Gasteiger partial charge in [-0.3, -0.25) is 19.8 Å². The van der Waals surface area contributed by atoms with Gasteiger partial charge >= 0.3 is 0 Å². The minimum absolute atomic E-state index is 0.0285. The van der Waals surface area contributed by atoms with E-state index < -0.39 is 4.92 Å². The van der Waals surface area contributed by atoms with Crippen LogP contribution in [0.5, 0.6) is 0 Å². The quantitative estimate of drug-likeness (QED) is 0.440. The lowest BCUT2D eigenvalue weighted by molar-refractivity contribution is -0.384. The fraction of sp³-hybridized carbons (Fsp3) is 0.333. The Balaban J connectivity index is 1.22. The van der Waals surface area contributed by atoms with Gasteiger partial charge in [0.25, 0.3) is 11.6 Å². The number of piperazine rings is 1. The van der Waals surface area contributed by atoms with Gasteiger partial charge in [0.05, 0.1) is 10.6 Å². The molecule has 1 saturated carbocycles. The Morgan fingerprint density at radius 1 is 1.03 bits per heavy atom. The van der Waals surface area contributed by atoms with Gasteiger partial charge in [-0.05, 0) is 49.1 Å². The van der Waals surface area contributed by atoms with Crippen LogP contribution in [-0.4, -0.2) is 58.2 Å². The third-order valence-corrected chi connectivity index (χ3v) is 6.18. The number of nitro benzene ring substituents is 1. The summed E-state index contributed by atoms with van der Waals surface area (Å²) < 4.78 is 1.46. The van der Waals surface area contributed by atoms with Crippen molar-refractivity contribution < 1.29 is 9.72 Å². The lowest BCUT2D eigenvalue weighted by Crippen LogP contribution is -2.47. The number of nitrogens with zero attached hydrogens (tertiary/aromatic N) is 5. The standard InChI is InChI=1S/C24H26N6O3/c31-24(23-9-10-29(26-23)21-5-2-6-22(16-21)30(32)33)25-19-3-1-4-20(15-19)28-13-11-27(12-14-28)17-18-7-8-18/h1-6,9-10,15-16,18H,7-8,11-14,17H2,(H,25,31). The molecule has 1 aliphatic heterocycles. The van der Waals surface area contributed by atoms with E-state index in [1.807, 2.05) is 18.2 Å². The van der Waals surface area contributed by atoms with Gasteiger partial charge in [-0.1, -0.05) is 12.1 Å². The van der Waals surface area contributed by atoms with Gasteiger partial charge in [-0.25, -0.2) is 4.68 Å². The van der Waals surface area contributed by atoms with Crippen LogP contribution < -0.4 is 10.2 Å². The maximum absolute atomic E-state index is 12.8. The molecule has 1 amide bonds. The van der Waals surface area contributed by atoms with E-state index >= 15 is 0 Å². The Kier molecular flexibility index (Phi) is 5.78. The summed E-state index contributed by atoms with van der Waals surface area (Å²) in [6.07, 6.45) is 4.38. The van der Waals surface area contributed by atoms with Crippen molar-refractivity contribution >= 4 is 23.0 Å². The number of non-ortho nitro benzene ring substituents is 1. The number of nitro groups is 1. The molecule has 0 spiro atoms. The predicted molar refractivity (Wildman–Crippen MR) is 126 cm³/mol. The molecule has 0 atom stereocenters. The number of aromatic nitrogens is 2. The van der Waals surface area contributed by atoms with Gasteiger partial charge in [0, 0.05) is 62.4 Å². The smallest absolute Gasteiger partial charge is 0.276 e. The summed E-state index contributed by atoms with van der Waals surface area (Å²) in [5.74, 6) is 0.584. The molecule has 9 heteroatoms. The molecule has 3 aromatic rings. The zero-order valence-electron chi connectivity index (χ0n) is 18.3. The van der Waals surface area contributed by atoms with E-state index in [2.05, 4.69) is 26.3 Å². The molecule has 0 unspecified atom stereocenters. The molecule has 1 aromatic heterocycles. The fourth-order valence-electron chi connectivity index (χ4n) is 4.17. The monoisotopic (exact) mass is 446 g/mol. The van der Waals surface area contributed by atoms with E-state index in [0.29, 0.717) is 11.4 Å². The van der Waals surface area contributed by atoms with Crippen LogP contribution in [-0.2, 0) is 0 Å². The Morgan fingerprint density at radius 2 is 1.79 bits per heavy atom. The normalized spacial score (nSPS) is 16.5. The predicted octanol–water partition coefficient (Wildman–Crippen LogP) is 3.56. The van der Waals surface area contributed by atoms with Crippen LogP contribution in [0.3, 0.4) is 0 Å². The zero-order chi connectivity index (χ0) is 22.8. The van der Waals surface area contributed by atoms with Crippen LogP contribution in [0.1, 0.15) is 23.3 Å². The van der Waals surface area contributed by atoms with Crippen molar-refractivity contribution in [3.05, 3.63) is 76.6 Å². The number of carbonyl (C=O) groups is 1. The number of carbonyl (C=O) groups excluding carboxylic acids is 1. The summed E-state index contributed by atoms with van der Waals surface area (Å²) in [7, 11) is 0. The highest BCUT2D eigenvalue weighted by Crippen LogP contribution is 2.30. The topological polar surface area (TPSA) is 96.5 Å². The number of hydrogen-bond donors (Lipinski definition) is 1. The second-order valence-electron chi connectivity index (χ2n) is 8.66. The van der Waals surface area contributed by atoms with E-state index in [1.54, 1.807) is 24.4 Å². The molecule has 5 rings (SSSR count). The number of hydrogen-bond acceptors (Lipinski definition) is 6. The second kappa shape index (κ2) is 9.03. The summed E-state index contributed by atoms with van der Waals surface area (Å²) in [5.41, 5.74) is 2.54. The first-order chi connectivity index (χ1) is 16.0. The zero-order valence-corrected chi connectivity index (χ0v) is 18.3. The highest BCUT2D eigenvalue weighted by Gasteiger charge is 2.26. The molecule has 170 valence electrons. The van der Waals surface area contributed by atoms with Crippen LogP contribution in [0.25, 0.3) is 5.69 Å². The Bertz CT molecular complexity index is 1160. The first kappa shape index (κ1) is 21.1. The van der Waals surface area contributed by atoms with E-state index in [4.69, 9.17) is 0 Å². The number of rotatable bonds is 7. The van der Waals surface area contributed by atoms with Crippen molar-refractivity contribution in [2.45, 2.75) is 12.8 Å². The minimum atomic E-state index is -0.458. The molecule has 2 heterocycles. The number of nitrogens with one attached hydrogen (secondary N) is 1. The Labute approximate surface area is 191 Å². The van der Waals surface area contributed by atoms with Gasteiger partial charge in [0.15, 0.2) is 5.69 Å². The van der Waals surface area contributed by atoms with Crippen molar-refractivity contribution in [1.82, 2.24) is 14.7 Å². The number of anilines is 2. The molecule has 33 heavy (non-hydrogen) atoms.